The topological polar surface area (TPSA) is 91.0 Å². The Balaban J connectivity index is 1.92. The molecule has 2 aromatic rings. The third-order valence-electron chi connectivity index (χ3n) is 3.21. The normalized spacial score (nSPS) is 18.7. The molecule has 17 heavy (non-hydrogen) atoms. The van der Waals surface area contributed by atoms with Crippen molar-refractivity contribution < 1.29 is 9.05 Å². The molecule has 1 saturated carbocycles. The zero-order valence-corrected chi connectivity index (χ0v) is 9.64. The van der Waals surface area contributed by atoms with E-state index in [1.165, 1.54) is 0 Å². The Morgan fingerprint density at radius 2 is 2.00 bits per heavy atom. The second kappa shape index (κ2) is 3.66. The quantitative estimate of drug-likeness (QED) is 0.851. The molecule has 2 heterocycles. The highest BCUT2D eigenvalue weighted by molar-refractivity contribution is 5.43. The molecular weight excluding hydrogens is 220 g/mol. The molecule has 1 aliphatic rings. The van der Waals surface area contributed by atoms with Gasteiger partial charge in [-0.3, -0.25) is 0 Å². The van der Waals surface area contributed by atoms with Crippen LogP contribution in [0.25, 0.3) is 11.7 Å². The monoisotopic (exact) mass is 234 g/mol. The number of nitrogens with two attached hydrogens (primary N) is 1. The average molecular weight is 234 g/mol. The number of hydrogen-bond donors (Lipinski definition) is 1. The number of aryl methyl sites for hydroxylation is 1. The van der Waals surface area contributed by atoms with Gasteiger partial charge in [-0.1, -0.05) is 23.2 Å². The Morgan fingerprint density at radius 3 is 2.65 bits per heavy atom. The lowest BCUT2D eigenvalue weighted by Crippen LogP contribution is -2.34. The van der Waals surface area contributed by atoms with Crippen LogP contribution >= 0.6 is 0 Å². The van der Waals surface area contributed by atoms with Gasteiger partial charge in [0.25, 0.3) is 5.89 Å². The van der Waals surface area contributed by atoms with E-state index in [2.05, 4.69) is 15.3 Å². The maximum atomic E-state index is 6.25. The Morgan fingerprint density at radius 1 is 1.24 bits per heavy atom. The second-order valence-corrected chi connectivity index (χ2v) is 4.62. The van der Waals surface area contributed by atoms with E-state index in [0.29, 0.717) is 17.5 Å². The minimum absolute atomic E-state index is 0.345. The lowest BCUT2D eigenvalue weighted by Gasteiger charge is -2.17. The van der Waals surface area contributed by atoms with Gasteiger partial charge in [-0.25, -0.2) is 0 Å². The first kappa shape index (κ1) is 10.5. The van der Waals surface area contributed by atoms with E-state index in [0.717, 1.165) is 31.4 Å². The Hall–Kier alpha value is -1.69. The van der Waals surface area contributed by atoms with Crippen LogP contribution in [0.5, 0.6) is 0 Å². The maximum absolute atomic E-state index is 6.25. The second-order valence-electron chi connectivity index (χ2n) is 4.62. The molecule has 90 valence electrons. The van der Waals surface area contributed by atoms with Crippen molar-refractivity contribution >= 4 is 0 Å². The van der Waals surface area contributed by atoms with E-state index >= 15 is 0 Å². The molecule has 1 aliphatic carbocycles. The number of nitrogens with zero attached hydrogens (tertiary/aromatic N) is 3. The van der Waals surface area contributed by atoms with E-state index in [9.17, 15) is 0 Å². The standard InChI is InChI=1S/C11H14N4O2/c1-7-6-8(16-14-7)9-13-10(15-17-9)11(12)4-2-3-5-11/h6H,2-5,12H2,1H3. The van der Waals surface area contributed by atoms with Crippen LogP contribution in [-0.2, 0) is 5.54 Å². The summed E-state index contributed by atoms with van der Waals surface area (Å²) in [7, 11) is 0. The average Bonchev–Trinajstić information content (AvgIpc) is 2.96. The van der Waals surface area contributed by atoms with E-state index in [1.54, 1.807) is 6.07 Å². The van der Waals surface area contributed by atoms with Crippen LogP contribution in [0.2, 0.25) is 0 Å². The smallest absolute Gasteiger partial charge is 0.296 e. The fraction of sp³-hybridized carbons (Fsp3) is 0.545. The molecule has 0 spiro atoms. The van der Waals surface area contributed by atoms with Crippen molar-refractivity contribution in [3.8, 4) is 11.7 Å². The van der Waals surface area contributed by atoms with Gasteiger partial charge < -0.3 is 14.8 Å². The summed E-state index contributed by atoms with van der Waals surface area (Å²) >= 11 is 0. The van der Waals surface area contributed by atoms with Gasteiger partial charge in [-0.2, -0.15) is 4.98 Å². The van der Waals surface area contributed by atoms with Crippen molar-refractivity contribution in [2.75, 3.05) is 0 Å². The first-order valence-electron chi connectivity index (χ1n) is 5.74. The van der Waals surface area contributed by atoms with Crippen LogP contribution in [0.1, 0.15) is 37.2 Å². The lowest BCUT2D eigenvalue weighted by molar-refractivity contribution is 0.359. The lowest BCUT2D eigenvalue weighted by atomic mass is 9.99. The molecule has 0 aliphatic heterocycles. The molecule has 0 amide bonds. The van der Waals surface area contributed by atoms with E-state index in [4.69, 9.17) is 14.8 Å². The van der Waals surface area contributed by atoms with E-state index < -0.39 is 5.54 Å². The summed E-state index contributed by atoms with van der Waals surface area (Å²) in [6.07, 6.45) is 4.03. The van der Waals surface area contributed by atoms with Gasteiger partial charge in [0.15, 0.2) is 5.82 Å². The highest BCUT2D eigenvalue weighted by atomic mass is 16.5. The molecule has 6 heteroatoms. The predicted octanol–water partition coefficient (Wildman–Crippen LogP) is 1.76. The zero-order chi connectivity index (χ0) is 11.9. The van der Waals surface area contributed by atoms with Gasteiger partial charge >= 0.3 is 0 Å². The minimum Gasteiger partial charge on any atom is -0.351 e. The van der Waals surface area contributed by atoms with Crippen LogP contribution in [0.4, 0.5) is 0 Å². The van der Waals surface area contributed by atoms with Crippen LogP contribution in [0.15, 0.2) is 15.1 Å². The first-order valence-corrected chi connectivity index (χ1v) is 5.74. The van der Waals surface area contributed by atoms with Gasteiger partial charge in [0.05, 0.1) is 11.2 Å². The first-order chi connectivity index (χ1) is 8.17. The number of aromatic nitrogens is 3. The predicted molar refractivity (Wildman–Crippen MR) is 58.9 cm³/mol. The fourth-order valence-corrected chi connectivity index (χ4v) is 2.22. The number of rotatable bonds is 2. The molecule has 0 saturated heterocycles. The summed E-state index contributed by atoms with van der Waals surface area (Å²) in [4.78, 5) is 4.31. The van der Waals surface area contributed by atoms with Gasteiger partial charge in [-0.15, -0.1) is 0 Å². The van der Waals surface area contributed by atoms with Crippen LogP contribution in [0.3, 0.4) is 0 Å². The Kier molecular flexibility index (Phi) is 2.25. The molecule has 2 N–H and O–H groups in total. The van der Waals surface area contributed by atoms with Crippen molar-refractivity contribution in [2.45, 2.75) is 38.1 Å². The van der Waals surface area contributed by atoms with E-state index in [1.807, 2.05) is 6.92 Å². The van der Waals surface area contributed by atoms with Crippen molar-refractivity contribution in [1.29, 1.82) is 0 Å². The number of hydrogen-bond acceptors (Lipinski definition) is 6. The van der Waals surface area contributed by atoms with Crippen molar-refractivity contribution in [1.82, 2.24) is 15.3 Å². The summed E-state index contributed by atoms with van der Waals surface area (Å²) in [6.45, 7) is 1.84. The molecule has 0 radical (unpaired) electrons. The largest absolute Gasteiger partial charge is 0.351 e. The molecular formula is C11H14N4O2. The van der Waals surface area contributed by atoms with Crippen molar-refractivity contribution in [3.05, 3.63) is 17.6 Å². The third-order valence-corrected chi connectivity index (χ3v) is 3.21. The molecule has 0 unspecified atom stereocenters. The summed E-state index contributed by atoms with van der Waals surface area (Å²) in [6, 6.07) is 1.76. The highest BCUT2D eigenvalue weighted by Gasteiger charge is 2.36. The molecule has 2 aromatic heterocycles. The van der Waals surface area contributed by atoms with Gasteiger partial charge in [0, 0.05) is 6.07 Å². The summed E-state index contributed by atoms with van der Waals surface area (Å²) in [5.41, 5.74) is 6.59. The third kappa shape index (κ3) is 1.74. The maximum Gasteiger partial charge on any atom is 0.296 e. The van der Waals surface area contributed by atoms with Crippen molar-refractivity contribution in [2.24, 2.45) is 5.73 Å². The fourth-order valence-electron chi connectivity index (χ4n) is 2.22. The molecule has 1 fully saturated rings. The van der Waals surface area contributed by atoms with Gasteiger partial charge in [0.1, 0.15) is 0 Å². The van der Waals surface area contributed by atoms with Gasteiger partial charge in [0.2, 0.25) is 5.76 Å². The van der Waals surface area contributed by atoms with Crippen LogP contribution in [0, 0.1) is 6.92 Å². The minimum atomic E-state index is -0.434. The summed E-state index contributed by atoms with van der Waals surface area (Å²) in [5, 5.41) is 7.74. The van der Waals surface area contributed by atoms with Crippen molar-refractivity contribution in [3.63, 3.8) is 0 Å². The van der Waals surface area contributed by atoms with Crippen LogP contribution < -0.4 is 5.73 Å². The zero-order valence-electron chi connectivity index (χ0n) is 9.64. The van der Waals surface area contributed by atoms with Crippen LogP contribution in [-0.4, -0.2) is 15.3 Å². The Labute approximate surface area is 98.2 Å². The Bertz CT molecular complexity index is 525. The summed E-state index contributed by atoms with van der Waals surface area (Å²) in [5.74, 6) is 1.40. The molecule has 3 rings (SSSR count). The molecule has 6 nitrogen and oxygen atoms in total. The summed E-state index contributed by atoms with van der Waals surface area (Å²) < 4.78 is 10.2. The van der Waals surface area contributed by atoms with E-state index in [-0.39, 0.29) is 0 Å². The molecule has 0 atom stereocenters. The molecule has 0 bridgehead atoms. The molecule has 0 aromatic carbocycles. The van der Waals surface area contributed by atoms with Gasteiger partial charge in [-0.05, 0) is 19.8 Å². The SMILES string of the molecule is Cc1cc(-c2nc(C3(N)CCCC3)no2)on1. The highest BCUT2D eigenvalue weighted by Crippen LogP contribution is 2.35.